The molecule has 0 spiro atoms. The molecule has 1 nitrogen and oxygen atoms in total. The highest BCUT2D eigenvalue weighted by molar-refractivity contribution is 8.00. The second-order valence-electron chi connectivity index (χ2n) is 26.9. The van der Waals surface area contributed by atoms with Crippen LogP contribution < -0.4 is 42.0 Å². The van der Waals surface area contributed by atoms with Gasteiger partial charge >= 0.3 is 0 Å². The van der Waals surface area contributed by atoms with E-state index >= 15 is 0 Å². The number of anilines is 3. The molecule has 3 aliphatic rings. The minimum Gasteiger partial charge on any atom is -0.310 e. The summed E-state index contributed by atoms with van der Waals surface area (Å²) in [6.07, 6.45) is 0. The van der Waals surface area contributed by atoms with Crippen LogP contribution in [0.25, 0.3) is 44.5 Å². The Labute approximate surface area is 507 Å². The second kappa shape index (κ2) is 20.4. The highest BCUT2D eigenvalue weighted by Crippen LogP contribution is 2.53. The lowest BCUT2D eigenvalue weighted by Gasteiger charge is -2.44. The Bertz CT molecular complexity index is 4210. The molecule has 0 saturated carbocycles. The predicted molar refractivity (Wildman–Crippen MR) is 377 cm³/mol. The van der Waals surface area contributed by atoms with Gasteiger partial charge in [0, 0.05) is 32.3 Å². The number of nitrogens with zero attached hydrogens (tertiary/aromatic N) is 1. The lowest BCUT2D eigenvalue weighted by Crippen LogP contribution is -2.70. The van der Waals surface area contributed by atoms with E-state index in [0.29, 0.717) is 0 Å². The van der Waals surface area contributed by atoms with Crippen LogP contribution in [0.4, 0.5) is 17.1 Å². The monoisotopic (exact) mass is 1170 g/mol. The molecule has 0 aromatic heterocycles. The number of rotatable bonds is 9. The van der Waals surface area contributed by atoms with Crippen molar-refractivity contribution >= 4 is 104 Å². The predicted octanol–water partition coefficient (Wildman–Crippen LogP) is 16.5. The Morgan fingerprint density at radius 2 is 0.798 bits per heavy atom. The van der Waals surface area contributed by atoms with Gasteiger partial charge in [-0.3, -0.25) is 0 Å². The maximum absolute atomic E-state index is 2.72. The first-order chi connectivity index (χ1) is 40.4. The molecule has 0 N–H and O–H groups in total. The number of benzene rings is 11. The Kier molecular flexibility index (Phi) is 13.2. The first-order valence-electron chi connectivity index (χ1n) is 30.1. The quantitative estimate of drug-likeness (QED) is 0.105. The summed E-state index contributed by atoms with van der Waals surface area (Å²) in [6, 6.07) is 99.4. The number of para-hydroxylation sites is 1. The molecule has 0 unspecified atom stereocenters. The van der Waals surface area contributed by atoms with Crippen molar-refractivity contribution in [1.29, 1.82) is 0 Å². The topological polar surface area (TPSA) is 3.24 Å². The van der Waals surface area contributed by atoms with Crippen LogP contribution >= 0.6 is 11.8 Å². The zero-order valence-corrected chi connectivity index (χ0v) is 55.0. The molecule has 11 aromatic carbocycles. The minimum atomic E-state index is -2.16. The van der Waals surface area contributed by atoms with Gasteiger partial charge in [0.1, 0.15) is 0 Å². The van der Waals surface area contributed by atoms with Crippen LogP contribution in [0, 0.1) is 0 Å². The third kappa shape index (κ3) is 8.83. The van der Waals surface area contributed by atoms with Gasteiger partial charge in [0.05, 0.1) is 42.4 Å². The van der Waals surface area contributed by atoms with Crippen molar-refractivity contribution in [3.63, 3.8) is 0 Å². The summed E-state index contributed by atoms with van der Waals surface area (Å²) in [6.45, 7) is 26.0. The van der Waals surface area contributed by atoms with E-state index in [1.165, 1.54) is 110 Å². The smallest absolute Gasteiger partial charge is 0.249 e. The van der Waals surface area contributed by atoms with Gasteiger partial charge in [0.2, 0.25) is 6.71 Å². The molecule has 0 saturated heterocycles. The van der Waals surface area contributed by atoms with Crippen LogP contribution in [0.3, 0.4) is 0 Å². The molecule has 410 valence electrons. The average Bonchev–Trinajstić information content (AvgIpc) is 0.944. The van der Waals surface area contributed by atoms with E-state index in [2.05, 4.69) is 325 Å². The highest BCUT2D eigenvalue weighted by atomic mass is 32.2. The Morgan fingerprint density at radius 1 is 0.357 bits per heavy atom. The SMILES string of the molecule is C[Si](C)(C)c1cc2cc(c1)[Si](C)(C)[Si](C)(C)c1cc(cc([Si](C)(C)C)c1)-c1ccc3c(c1)B1c4cc-2ccc4Sc2cc(C(c4ccccc4)(c4ccccc4)c4ccccc4)cc(c21)N3c1c(-c2ccccc2)cccc1-c1ccccc1. The van der Waals surface area contributed by atoms with Gasteiger partial charge in [-0.2, -0.15) is 0 Å². The zero-order chi connectivity index (χ0) is 57.9. The molecule has 8 bridgehead atoms. The summed E-state index contributed by atoms with van der Waals surface area (Å²) in [4.78, 5) is 5.33. The van der Waals surface area contributed by atoms with Gasteiger partial charge in [0.15, 0.2) is 0 Å². The van der Waals surface area contributed by atoms with Gasteiger partial charge in [-0.05, 0) is 90.8 Å². The maximum Gasteiger partial charge on any atom is 0.249 e. The largest absolute Gasteiger partial charge is 0.310 e. The van der Waals surface area contributed by atoms with Crippen molar-refractivity contribution in [3.05, 3.63) is 277 Å². The third-order valence-electron chi connectivity index (χ3n) is 19.5. The molecule has 14 rings (SSSR count). The molecule has 3 heterocycles. The number of fused-ring (bicyclic) bond motifs is 8. The molecule has 0 fully saturated rings. The van der Waals surface area contributed by atoms with Crippen molar-refractivity contribution in [2.45, 2.75) is 80.7 Å². The van der Waals surface area contributed by atoms with Crippen LogP contribution in [0.1, 0.15) is 22.3 Å². The lowest BCUT2D eigenvalue weighted by atomic mass is 9.34. The van der Waals surface area contributed by atoms with Crippen LogP contribution in [0.2, 0.25) is 65.5 Å². The molecular weight excluding hydrogens is 1090 g/mol. The van der Waals surface area contributed by atoms with Gasteiger partial charge in [-0.1, -0.05) is 334 Å². The normalized spacial score (nSPS) is 14.6. The Morgan fingerprint density at radius 3 is 1.26 bits per heavy atom. The molecule has 0 aliphatic carbocycles. The van der Waals surface area contributed by atoms with E-state index in [1.807, 2.05) is 11.8 Å². The van der Waals surface area contributed by atoms with Crippen molar-refractivity contribution in [2.75, 3.05) is 4.90 Å². The van der Waals surface area contributed by atoms with E-state index in [-0.39, 0.29) is 6.71 Å². The van der Waals surface area contributed by atoms with Crippen LogP contribution in [-0.2, 0) is 5.41 Å². The van der Waals surface area contributed by atoms with Crippen molar-refractivity contribution in [1.82, 2.24) is 0 Å². The number of hydrogen-bond acceptors (Lipinski definition) is 2. The van der Waals surface area contributed by atoms with Gasteiger partial charge in [0.25, 0.3) is 0 Å². The molecule has 0 amide bonds. The number of hydrogen-bond donors (Lipinski definition) is 0. The van der Waals surface area contributed by atoms with Gasteiger partial charge in [-0.25, -0.2) is 0 Å². The second-order valence-corrected chi connectivity index (χ2v) is 53.3. The van der Waals surface area contributed by atoms with Gasteiger partial charge in [-0.15, -0.1) is 0 Å². The molecule has 7 heteroatoms. The lowest BCUT2D eigenvalue weighted by molar-refractivity contribution is 0.743. The first-order valence-corrected chi connectivity index (χ1v) is 44.9. The van der Waals surface area contributed by atoms with E-state index in [9.17, 15) is 0 Å². The Hall–Kier alpha value is -7.50. The molecule has 84 heavy (non-hydrogen) atoms. The van der Waals surface area contributed by atoms with Crippen molar-refractivity contribution < 1.29 is 0 Å². The minimum absolute atomic E-state index is 0.0730. The molecule has 0 atom stereocenters. The molecule has 11 aromatic rings. The van der Waals surface area contributed by atoms with Crippen molar-refractivity contribution in [2.24, 2.45) is 0 Å². The molecular formula is C77H72BNSSi4. The van der Waals surface area contributed by atoms with Crippen LogP contribution in [0.5, 0.6) is 0 Å². The average molecular weight is 1170 g/mol. The summed E-state index contributed by atoms with van der Waals surface area (Å²) in [5.41, 5.74) is 22.0. The highest BCUT2D eigenvalue weighted by Gasteiger charge is 2.48. The van der Waals surface area contributed by atoms with E-state index < -0.39 is 36.7 Å². The molecule has 0 radical (unpaired) electrons. The fraction of sp³-hybridized carbons (Fsp3) is 0.143. The fourth-order valence-corrected chi connectivity index (χ4v) is 26.6. The standard InChI is InChI=1S/C77H72BNSSi4/c1-81(2,3)63-43-57-45-65(51-63)83(7,8)84(9,10)66-46-58(44-64(52-66)82(4,5)6)56-40-42-73-70(48-56)78-69-47-55(57)39-41-71(69)79(76-67(53-27-16-11-17-28-53)37-26-38-68(76)54-29-18-12-19-30-54)72-49-62(50-74(80-73)75(72)78)77(59-31-20-13-21-32-59,60-33-22-14-23-34-60)61-35-24-15-25-36-61/h11-52H,1-10H3. The fourth-order valence-electron chi connectivity index (χ4n) is 14.0. The van der Waals surface area contributed by atoms with E-state index in [0.717, 1.165) is 0 Å². The molecule has 3 aliphatic heterocycles. The summed E-state index contributed by atoms with van der Waals surface area (Å²) >= 11 is 1.97. The maximum atomic E-state index is 2.72. The zero-order valence-electron chi connectivity index (χ0n) is 50.2. The summed E-state index contributed by atoms with van der Waals surface area (Å²) in [5, 5.41) is 6.31. The first kappa shape index (κ1) is 54.4. The summed E-state index contributed by atoms with van der Waals surface area (Å²) < 4.78 is 0. The van der Waals surface area contributed by atoms with Crippen LogP contribution in [0.15, 0.2) is 265 Å². The van der Waals surface area contributed by atoms with Crippen LogP contribution in [-0.4, -0.2) is 38.0 Å². The van der Waals surface area contributed by atoms with E-state index in [1.54, 1.807) is 20.7 Å². The van der Waals surface area contributed by atoms with E-state index in [4.69, 9.17) is 0 Å². The summed E-state index contributed by atoms with van der Waals surface area (Å²) in [5.74, 6) is 0. The van der Waals surface area contributed by atoms with Gasteiger partial charge < -0.3 is 4.90 Å². The third-order valence-corrected chi connectivity index (χ3v) is 42.4. The Balaban J connectivity index is 1.16. The summed E-state index contributed by atoms with van der Waals surface area (Å²) in [7, 11) is -7.89. The van der Waals surface area contributed by atoms with Crippen molar-refractivity contribution in [3.8, 4) is 44.5 Å².